The van der Waals surface area contributed by atoms with E-state index in [1.165, 1.54) is 29.9 Å². The summed E-state index contributed by atoms with van der Waals surface area (Å²) in [4.78, 5) is 31.9. The van der Waals surface area contributed by atoms with Gasteiger partial charge in [-0.1, -0.05) is 58.5 Å². The van der Waals surface area contributed by atoms with Crippen LogP contribution in [0.4, 0.5) is 32.3 Å². The van der Waals surface area contributed by atoms with Gasteiger partial charge in [0.25, 0.3) is 0 Å². The maximum Gasteiger partial charge on any atom is 0.323 e. The van der Waals surface area contributed by atoms with Gasteiger partial charge in [-0.15, -0.1) is 0 Å². The van der Waals surface area contributed by atoms with Gasteiger partial charge in [0.15, 0.2) is 0 Å². The number of urea groups is 2. The molecule has 4 aromatic rings. The molecule has 2 aromatic heterocycles. The van der Waals surface area contributed by atoms with E-state index in [-0.39, 0.29) is 12.1 Å². The minimum absolute atomic E-state index is 0.371. The van der Waals surface area contributed by atoms with Crippen molar-refractivity contribution in [2.75, 3.05) is 47.4 Å². The summed E-state index contributed by atoms with van der Waals surface area (Å²) in [6.07, 6.45) is 6.40. The Hall–Kier alpha value is -3.64. The molecule has 47 heavy (non-hydrogen) atoms. The predicted molar refractivity (Wildman–Crippen MR) is 192 cm³/mol. The molecule has 2 fully saturated rings. The molecular weight excluding hydrogens is 682 g/mol. The number of piperidine rings is 1. The third-order valence-corrected chi connectivity index (χ3v) is 8.83. The highest BCUT2D eigenvalue weighted by Crippen LogP contribution is 2.31. The second-order valence-electron chi connectivity index (χ2n) is 11.1. The second-order valence-corrected chi connectivity index (χ2v) is 12.7. The van der Waals surface area contributed by atoms with E-state index >= 15 is 0 Å². The minimum Gasteiger partial charge on any atom is -0.316 e. The zero-order chi connectivity index (χ0) is 33.2. The van der Waals surface area contributed by atoms with E-state index in [0.29, 0.717) is 54.9 Å². The number of nitrogens with one attached hydrogen (secondary N) is 6. The number of carbonyl (C=O) groups excluding carboxylic acids is 2. The molecule has 0 radical (unpaired) electrons. The number of pyridine rings is 2. The SMILES string of the molecule is O=C(Nc1ccc(Cl)nc1)Nc1ccc(C2CCCNC2)cc1Cl.O=C(Nc1ccc(Cl)nc1)Nc1ccc(C2CCNC2)cc1Cl. The van der Waals surface area contributed by atoms with Crippen molar-refractivity contribution in [3.05, 3.63) is 105 Å². The number of benzene rings is 2. The van der Waals surface area contributed by atoms with Crippen LogP contribution in [0.3, 0.4) is 0 Å². The van der Waals surface area contributed by atoms with Crippen LogP contribution in [0.1, 0.15) is 42.2 Å². The highest BCUT2D eigenvalue weighted by atomic mass is 35.5. The molecule has 2 aromatic carbocycles. The number of amides is 4. The van der Waals surface area contributed by atoms with Crippen LogP contribution in [0, 0.1) is 0 Å². The fraction of sp³-hybridized carbons (Fsp3) is 0.273. The van der Waals surface area contributed by atoms with Gasteiger partial charge >= 0.3 is 12.1 Å². The molecule has 14 heteroatoms. The molecule has 0 aliphatic carbocycles. The number of hydrogen-bond donors (Lipinski definition) is 6. The van der Waals surface area contributed by atoms with Crippen LogP contribution in [-0.2, 0) is 0 Å². The van der Waals surface area contributed by atoms with Crippen molar-refractivity contribution in [2.45, 2.75) is 31.1 Å². The second kappa shape index (κ2) is 17.0. The quantitative estimate of drug-likeness (QED) is 0.111. The van der Waals surface area contributed by atoms with Crippen molar-refractivity contribution in [2.24, 2.45) is 0 Å². The Kier molecular flexibility index (Phi) is 12.5. The highest BCUT2D eigenvalue weighted by molar-refractivity contribution is 6.34. The number of aromatic nitrogens is 2. The first-order valence-electron chi connectivity index (χ1n) is 15.1. The van der Waals surface area contributed by atoms with Crippen molar-refractivity contribution in [1.82, 2.24) is 20.6 Å². The van der Waals surface area contributed by atoms with Crippen molar-refractivity contribution < 1.29 is 9.59 Å². The molecule has 6 rings (SSSR count). The Balaban J connectivity index is 0.000000185. The number of rotatable bonds is 6. The van der Waals surface area contributed by atoms with Gasteiger partial charge in [0, 0.05) is 13.1 Å². The lowest BCUT2D eigenvalue weighted by Crippen LogP contribution is -2.28. The van der Waals surface area contributed by atoms with E-state index in [1.807, 2.05) is 36.4 Å². The fourth-order valence-electron chi connectivity index (χ4n) is 5.32. The standard InChI is InChI=1S/C17H18Cl2N4O.C16H16Cl2N4O/c18-14-8-11(12-2-1-7-20-9-12)3-5-15(14)23-17(24)22-13-4-6-16(19)21-10-13;17-13-7-10(11-5-6-19-8-11)1-3-14(13)22-16(23)21-12-2-4-15(18)20-9-12/h3-6,8,10,12,20H,1-2,7,9H2,(H2,22,23,24);1-4,7,9,11,19H,5-6,8H2,(H2,21,22,23). The number of anilines is 4. The Morgan fingerprint density at radius 1 is 0.617 bits per heavy atom. The molecule has 246 valence electrons. The first-order chi connectivity index (χ1) is 22.7. The zero-order valence-electron chi connectivity index (χ0n) is 25.3. The first kappa shape index (κ1) is 34.7. The van der Waals surface area contributed by atoms with Gasteiger partial charge in [0.05, 0.1) is 45.2 Å². The van der Waals surface area contributed by atoms with E-state index in [1.54, 1.807) is 24.3 Å². The van der Waals surface area contributed by atoms with Crippen LogP contribution >= 0.6 is 46.4 Å². The predicted octanol–water partition coefficient (Wildman–Crippen LogP) is 8.61. The normalized spacial score (nSPS) is 17.2. The van der Waals surface area contributed by atoms with Crippen LogP contribution in [0.15, 0.2) is 73.1 Å². The number of halogens is 4. The average Bonchev–Trinajstić information content (AvgIpc) is 3.61. The van der Waals surface area contributed by atoms with Gasteiger partial charge in [-0.3, -0.25) is 0 Å². The minimum atomic E-state index is -0.383. The van der Waals surface area contributed by atoms with Gasteiger partial charge in [0.2, 0.25) is 0 Å². The van der Waals surface area contributed by atoms with Crippen molar-refractivity contribution >= 4 is 81.2 Å². The van der Waals surface area contributed by atoms with E-state index in [2.05, 4.69) is 41.9 Å². The van der Waals surface area contributed by atoms with Crippen LogP contribution in [-0.4, -0.2) is 48.2 Å². The fourth-order valence-corrected chi connectivity index (χ4v) is 6.01. The summed E-state index contributed by atoms with van der Waals surface area (Å²) in [7, 11) is 0. The summed E-state index contributed by atoms with van der Waals surface area (Å²) in [5.41, 5.74) is 4.63. The van der Waals surface area contributed by atoms with Crippen molar-refractivity contribution in [1.29, 1.82) is 0 Å². The highest BCUT2D eigenvalue weighted by Gasteiger charge is 2.18. The summed E-state index contributed by atoms with van der Waals surface area (Å²) in [6.45, 7) is 4.03. The molecule has 0 saturated carbocycles. The van der Waals surface area contributed by atoms with Gasteiger partial charge in [-0.2, -0.15) is 0 Å². The van der Waals surface area contributed by atoms with Crippen LogP contribution in [0.2, 0.25) is 20.4 Å². The molecule has 2 aliphatic rings. The Morgan fingerprint density at radius 2 is 1.11 bits per heavy atom. The van der Waals surface area contributed by atoms with E-state index in [4.69, 9.17) is 46.4 Å². The molecule has 2 aliphatic heterocycles. The summed E-state index contributed by atoms with van der Waals surface area (Å²) in [5, 5.41) is 19.4. The van der Waals surface area contributed by atoms with Crippen LogP contribution < -0.4 is 31.9 Å². The lowest BCUT2D eigenvalue weighted by Gasteiger charge is -2.23. The van der Waals surface area contributed by atoms with E-state index < -0.39 is 0 Å². The largest absolute Gasteiger partial charge is 0.323 e. The van der Waals surface area contributed by atoms with Gasteiger partial charge in [-0.25, -0.2) is 19.6 Å². The molecule has 0 bridgehead atoms. The summed E-state index contributed by atoms with van der Waals surface area (Å²) in [5.74, 6) is 0.954. The topological polar surface area (TPSA) is 132 Å². The summed E-state index contributed by atoms with van der Waals surface area (Å²) < 4.78 is 0. The molecule has 2 atom stereocenters. The third-order valence-electron chi connectivity index (χ3n) is 7.75. The maximum atomic E-state index is 12.1. The van der Waals surface area contributed by atoms with Gasteiger partial charge in [0.1, 0.15) is 10.3 Å². The summed E-state index contributed by atoms with van der Waals surface area (Å²) >= 11 is 24.0. The Morgan fingerprint density at radius 3 is 1.51 bits per heavy atom. The van der Waals surface area contributed by atoms with Gasteiger partial charge in [-0.05, 0) is 104 Å². The van der Waals surface area contributed by atoms with Crippen molar-refractivity contribution in [3.8, 4) is 0 Å². The Bertz CT molecular complexity index is 1660. The lowest BCUT2D eigenvalue weighted by molar-refractivity contribution is 0.261. The maximum absolute atomic E-state index is 12.1. The molecular formula is C33H34Cl4N8O2. The van der Waals surface area contributed by atoms with Crippen LogP contribution in [0.25, 0.3) is 0 Å². The van der Waals surface area contributed by atoms with E-state index in [0.717, 1.165) is 39.0 Å². The Labute approximate surface area is 293 Å². The molecule has 2 unspecified atom stereocenters. The zero-order valence-corrected chi connectivity index (χ0v) is 28.3. The molecule has 2 saturated heterocycles. The first-order valence-corrected chi connectivity index (χ1v) is 16.6. The molecule has 4 heterocycles. The van der Waals surface area contributed by atoms with Gasteiger partial charge < -0.3 is 31.9 Å². The van der Waals surface area contributed by atoms with Crippen LogP contribution in [0.5, 0.6) is 0 Å². The molecule has 10 nitrogen and oxygen atoms in total. The average molecular weight is 717 g/mol. The molecule has 0 spiro atoms. The van der Waals surface area contributed by atoms with Crippen molar-refractivity contribution in [3.63, 3.8) is 0 Å². The lowest BCUT2D eigenvalue weighted by atomic mass is 9.91. The number of carbonyl (C=O) groups is 2. The third kappa shape index (κ3) is 10.4. The molecule has 6 N–H and O–H groups in total. The molecule has 4 amide bonds. The smallest absolute Gasteiger partial charge is 0.316 e. The summed E-state index contributed by atoms with van der Waals surface area (Å²) in [6, 6.07) is 17.3. The number of hydrogen-bond acceptors (Lipinski definition) is 6. The monoisotopic (exact) mass is 714 g/mol. The van der Waals surface area contributed by atoms with E-state index in [9.17, 15) is 9.59 Å². The number of nitrogens with zero attached hydrogens (tertiary/aromatic N) is 2.